The number of ether oxygens (including phenoxy) is 1. The van der Waals surface area contributed by atoms with E-state index in [1.54, 1.807) is 17.7 Å². The fourth-order valence-electron chi connectivity index (χ4n) is 1.35. The van der Waals surface area contributed by atoms with E-state index in [1.165, 1.54) is 12.0 Å². The number of esters is 1. The van der Waals surface area contributed by atoms with Gasteiger partial charge in [-0.05, 0) is 19.1 Å². The maximum Gasteiger partial charge on any atom is 0.325 e. The Hall–Kier alpha value is -1.78. The van der Waals surface area contributed by atoms with Crippen LogP contribution in [-0.2, 0) is 16.6 Å². The summed E-state index contributed by atoms with van der Waals surface area (Å²) in [6.07, 6.45) is 0. The number of rotatable bonds is 3. The molecule has 5 nitrogen and oxygen atoms in total. The molecule has 0 aliphatic heterocycles. The van der Waals surface area contributed by atoms with E-state index in [1.807, 2.05) is 20.0 Å². The van der Waals surface area contributed by atoms with Crippen molar-refractivity contribution in [3.05, 3.63) is 23.5 Å². The summed E-state index contributed by atoms with van der Waals surface area (Å²) in [6.45, 7) is 1.87. The Morgan fingerprint density at radius 1 is 1.44 bits per heavy atom. The van der Waals surface area contributed by atoms with Gasteiger partial charge in [-0.1, -0.05) is 0 Å². The van der Waals surface area contributed by atoms with Gasteiger partial charge in [-0.25, -0.2) is 0 Å². The van der Waals surface area contributed by atoms with Crippen molar-refractivity contribution < 1.29 is 14.3 Å². The van der Waals surface area contributed by atoms with Gasteiger partial charge in [-0.15, -0.1) is 0 Å². The van der Waals surface area contributed by atoms with Gasteiger partial charge < -0.3 is 14.2 Å². The molecule has 0 unspecified atom stereocenters. The number of methoxy groups -OCH3 is 1. The second kappa shape index (κ2) is 4.83. The minimum Gasteiger partial charge on any atom is -0.468 e. The minimum absolute atomic E-state index is 0.0421. The molecule has 5 heteroatoms. The molecule has 0 spiro atoms. The summed E-state index contributed by atoms with van der Waals surface area (Å²) in [4.78, 5) is 24.3. The SMILES string of the molecule is COC(=O)CN(C)C(=O)c1ccc(C)n1C. The van der Waals surface area contributed by atoms with E-state index < -0.39 is 5.97 Å². The van der Waals surface area contributed by atoms with Crippen LogP contribution in [0.2, 0.25) is 0 Å². The van der Waals surface area contributed by atoms with Crippen LogP contribution in [0.3, 0.4) is 0 Å². The number of nitrogens with zero attached hydrogens (tertiary/aromatic N) is 2. The molecule has 1 aromatic heterocycles. The summed E-state index contributed by atoms with van der Waals surface area (Å²) in [7, 11) is 4.68. The van der Waals surface area contributed by atoms with Gasteiger partial charge >= 0.3 is 5.97 Å². The van der Waals surface area contributed by atoms with Crippen molar-refractivity contribution in [2.75, 3.05) is 20.7 Å². The summed E-state index contributed by atoms with van der Waals surface area (Å²) >= 11 is 0. The van der Waals surface area contributed by atoms with Crippen molar-refractivity contribution in [3.8, 4) is 0 Å². The molecule has 0 saturated heterocycles. The maximum absolute atomic E-state index is 11.9. The summed E-state index contributed by atoms with van der Waals surface area (Å²) in [5, 5.41) is 0. The summed E-state index contributed by atoms with van der Waals surface area (Å²) in [5.41, 5.74) is 1.55. The Kier molecular flexibility index (Phi) is 3.71. The first-order valence-electron chi connectivity index (χ1n) is 4.92. The topological polar surface area (TPSA) is 51.5 Å². The van der Waals surface area contributed by atoms with Crippen LogP contribution in [0.15, 0.2) is 12.1 Å². The molecule has 88 valence electrons. The number of aromatic nitrogens is 1. The molecule has 0 aliphatic carbocycles. The van der Waals surface area contributed by atoms with Gasteiger partial charge in [-0.2, -0.15) is 0 Å². The highest BCUT2D eigenvalue weighted by Gasteiger charge is 2.17. The smallest absolute Gasteiger partial charge is 0.325 e. The Balaban J connectivity index is 2.78. The summed E-state index contributed by atoms with van der Waals surface area (Å²) in [6, 6.07) is 3.60. The molecule has 0 saturated carbocycles. The average molecular weight is 224 g/mol. The maximum atomic E-state index is 11.9. The van der Waals surface area contributed by atoms with Crippen LogP contribution in [0, 0.1) is 6.92 Å². The lowest BCUT2D eigenvalue weighted by Crippen LogP contribution is -2.33. The van der Waals surface area contributed by atoms with Crippen LogP contribution >= 0.6 is 0 Å². The Labute approximate surface area is 94.6 Å². The molecule has 1 rings (SSSR count). The quantitative estimate of drug-likeness (QED) is 0.706. The number of hydrogen-bond acceptors (Lipinski definition) is 3. The molecular weight excluding hydrogens is 208 g/mol. The molecule has 0 atom stereocenters. The van der Waals surface area contributed by atoms with Crippen LogP contribution in [0.1, 0.15) is 16.2 Å². The van der Waals surface area contributed by atoms with Crippen LogP contribution in [0.5, 0.6) is 0 Å². The molecule has 0 N–H and O–H groups in total. The third kappa shape index (κ3) is 2.42. The number of hydrogen-bond donors (Lipinski definition) is 0. The molecule has 0 aromatic carbocycles. The van der Waals surface area contributed by atoms with Gasteiger partial charge in [0.1, 0.15) is 12.2 Å². The van der Waals surface area contributed by atoms with Crippen LogP contribution in [0.4, 0.5) is 0 Å². The van der Waals surface area contributed by atoms with Gasteiger partial charge in [0.25, 0.3) is 5.91 Å². The van der Waals surface area contributed by atoms with Crippen LogP contribution < -0.4 is 0 Å². The Morgan fingerprint density at radius 3 is 2.50 bits per heavy atom. The van der Waals surface area contributed by atoms with Gasteiger partial charge in [0.2, 0.25) is 0 Å². The zero-order valence-corrected chi connectivity index (χ0v) is 9.98. The number of carbonyl (C=O) groups excluding carboxylic acids is 2. The van der Waals surface area contributed by atoms with Crippen molar-refractivity contribution in [2.24, 2.45) is 7.05 Å². The molecule has 0 radical (unpaired) electrons. The van der Waals surface area contributed by atoms with Crippen LogP contribution in [-0.4, -0.2) is 42.0 Å². The molecular formula is C11H16N2O3. The molecule has 0 fully saturated rings. The number of amides is 1. The zero-order chi connectivity index (χ0) is 12.3. The number of likely N-dealkylation sites (N-methyl/N-ethyl adjacent to an activating group) is 1. The monoisotopic (exact) mass is 224 g/mol. The average Bonchev–Trinajstić information content (AvgIpc) is 2.58. The highest BCUT2D eigenvalue weighted by atomic mass is 16.5. The zero-order valence-electron chi connectivity index (χ0n) is 9.98. The molecule has 0 bridgehead atoms. The molecule has 16 heavy (non-hydrogen) atoms. The molecule has 0 aliphatic rings. The Bertz CT molecular complexity index is 409. The largest absolute Gasteiger partial charge is 0.468 e. The van der Waals surface area contributed by atoms with Gasteiger partial charge in [0, 0.05) is 19.8 Å². The first-order chi connectivity index (χ1) is 7.47. The van der Waals surface area contributed by atoms with Crippen LogP contribution in [0.25, 0.3) is 0 Å². The van der Waals surface area contributed by atoms with E-state index in [2.05, 4.69) is 4.74 Å². The number of aryl methyl sites for hydroxylation is 1. The van der Waals surface area contributed by atoms with E-state index in [9.17, 15) is 9.59 Å². The highest BCUT2D eigenvalue weighted by Crippen LogP contribution is 2.08. The first-order valence-corrected chi connectivity index (χ1v) is 4.92. The third-order valence-electron chi connectivity index (χ3n) is 2.53. The van der Waals surface area contributed by atoms with E-state index >= 15 is 0 Å². The molecule has 1 amide bonds. The predicted octanol–water partition coefficient (Wildman–Crippen LogP) is 0.579. The van der Waals surface area contributed by atoms with E-state index in [4.69, 9.17) is 0 Å². The second-order valence-corrected chi connectivity index (χ2v) is 3.66. The lowest BCUT2D eigenvalue weighted by molar-refractivity contribution is -0.141. The van der Waals surface area contributed by atoms with E-state index in [-0.39, 0.29) is 12.5 Å². The van der Waals surface area contributed by atoms with Crippen molar-refractivity contribution >= 4 is 11.9 Å². The van der Waals surface area contributed by atoms with E-state index in [0.29, 0.717) is 5.69 Å². The van der Waals surface area contributed by atoms with Gasteiger partial charge in [-0.3, -0.25) is 9.59 Å². The minimum atomic E-state index is -0.429. The normalized spacial score (nSPS) is 10.0. The summed E-state index contributed by atoms with van der Waals surface area (Å²) < 4.78 is 6.29. The van der Waals surface area contributed by atoms with Crippen molar-refractivity contribution in [2.45, 2.75) is 6.92 Å². The lowest BCUT2D eigenvalue weighted by Gasteiger charge is -2.16. The molecule has 1 heterocycles. The fourth-order valence-corrected chi connectivity index (χ4v) is 1.35. The number of carbonyl (C=O) groups is 2. The van der Waals surface area contributed by atoms with Crippen molar-refractivity contribution in [1.29, 1.82) is 0 Å². The highest BCUT2D eigenvalue weighted by molar-refractivity contribution is 5.94. The standard InChI is InChI=1S/C11H16N2O3/c1-8-5-6-9(13(8)3)11(15)12(2)7-10(14)16-4/h5-6H,7H2,1-4H3. The van der Waals surface area contributed by atoms with Crippen molar-refractivity contribution in [3.63, 3.8) is 0 Å². The van der Waals surface area contributed by atoms with Gasteiger partial charge in [0.15, 0.2) is 0 Å². The first kappa shape index (κ1) is 12.3. The fraction of sp³-hybridized carbons (Fsp3) is 0.455. The lowest BCUT2D eigenvalue weighted by atomic mass is 10.3. The summed E-state index contributed by atoms with van der Waals surface area (Å²) in [5.74, 6) is -0.622. The second-order valence-electron chi connectivity index (χ2n) is 3.66. The van der Waals surface area contributed by atoms with Crippen molar-refractivity contribution in [1.82, 2.24) is 9.47 Å². The van der Waals surface area contributed by atoms with Gasteiger partial charge in [0.05, 0.1) is 7.11 Å². The van der Waals surface area contributed by atoms with E-state index in [0.717, 1.165) is 5.69 Å². The molecule has 1 aromatic rings. The predicted molar refractivity (Wildman–Crippen MR) is 59.1 cm³/mol. The third-order valence-corrected chi connectivity index (χ3v) is 2.53. The Morgan fingerprint density at radius 2 is 2.06 bits per heavy atom.